The maximum absolute atomic E-state index is 12.6. The first kappa shape index (κ1) is 13.1. The van der Waals surface area contributed by atoms with E-state index in [9.17, 15) is 4.79 Å². The summed E-state index contributed by atoms with van der Waals surface area (Å²) in [6, 6.07) is 6.31. The molecule has 0 bridgehead atoms. The molecule has 1 saturated heterocycles. The zero-order chi connectivity index (χ0) is 13.3. The Morgan fingerprint density at radius 1 is 1.33 bits per heavy atom. The van der Waals surface area contributed by atoms with Crippen LogP contribution in [0.15, 0.2) is 18.2 Å². The third-order valence-corrected chi connectivity index (χ3v) is 3.86. The van der Waals surface area contributed by atoms with Crippen molar-refractivity contribution in [3.8, 4) is 0 Å². The summed E-state index contributed by atoms with van der Waals surface area (Å²) in [5.74, 6) is 0.161. The number of carbonyl (C=O) groups is 1. The van der Waals surface area contributed by atoms with Crippen molar-refractivity contribution in [2.75, 3.05) is 20.1 Å². The maximum Gasteiger partial charge on any atom is 0.246 e. The van der Waals surface area contributed by atoms with Crippen LogP contribution in [0.2, 0.25) is 0 Å². The van der Waals surface area contributed by atoms with Crippen molar-refractivity contribution in [3.63, 3.8) is 0 Å². The molecular formula is C15H22N2O. The van der Waals surface area contributed by atoms with E-state index in [2.05, 4.69) is 37.4 Å². The number of aryl methyl sites for hydroxylation is 2. The smallest absolute Gasteiger partial charge is 0.246 e. The average Bonchev–Trinajstić information content (AvgIpc) is 2.47. The number of rotatable bonds is 1. The van der Waals surface area contributed by atoms with E-state index in [0.29, 0.717) is 0 Å². The van der Waals surface area contributed by atoms with Crippen LogP contribution in [-0.2, 0) is 10.3 Å². The van der Waals surface area contributed by atoms with Gasteiger partial charge in [0.1, 0.15) is 5.54 Å². The van der Waals surface area contributed by atoms with Crippen LogP contribution < -0.4 is 5.32 Å². The predicted molar refractivity (Wildman–Crippen MR) is 73.5 cm³/mol. The summed E-state index contributed by atoms with van der Waals surface area (Å²) in [4.78, 5) is 14.4. The van der Waals surface area contributed by atoms with Crippen LogP contribution in [0, 0.1) is 13.8 Å². The zero-order valence-electron chi connectivity index (χ0n) is 11.7. The molecule has 3 heteroatoms. The third-order valence-electron chi connectivity index (χ3n) is 3.86. The van der Waals surface area contributed by atoms with Crippen molar-refractivity contribution in [1.29, 1.82) is 0 Å². The first-order valence-electron chi connectivity index (χ1n) is 6.53. The highest BCUT2D eigenvalue weighted by Gasteiger charge is 2.39. The molecule has 1 amide bonds. The highest BCUT2D eigenvalue weighted by molar-refractivity contribution is 5.88. The van der Waals surface area contributed by atoms with Gasteiger partial charge in [0.2, 0.25) is 5.91 Å². The van der Waals surface area contributed by atoms with E-state index in [1.54, 1.807) is 0 Å². The van der Waals surface area contributed by atoms with Crippen LogP contribution in [0.25, 0.3) is 0 Å². The number of nitrogens with one attached hydrogen (secondary N) is 1. The summed E-state index contributed by atoms with van der Waals surface area (Å²) in [5, 5.41) is 3.43. The molecule has 0 spiro atoms. The minimum absolute atomic E-state index is 0.161. The first-order valence-corrected chi connectivity index (χ1v) is 6.53. The molecule has 0 saturated carbocycles. The van der Waals surface area contributed by atoms with Crippen molar-refractivity contribution in [2.45, 2.75) is 32.7 Å². The number of hydrogen-bond donors (Lipinski definition) is 1. The maximum atomic E-state index is 12.6. The van der Waals surface area contributed by atoms with Gasteiger partial charge in [-0.15, -0.1) is 0 Å². The average molecular weight is 246 g/mol. The molecule has 1 aromatic carbocycles. The minimum Gasteiger partial charge on any atom is -0.344 e. The van der Waals surface area contributed by atoms with Gasteiger partial charge in [-0.3, -0.25) is 10.1 Å². The summed E-state index contributed by atoms with van der Waals surface area (Å²) in [5.41, 5.74) is 2.86. The molecule has 1 fully saturated rings. The fourth-order valence-corrected chi connectivity index (χ4v) is 2.70. The zero-order valence-corrected chi connectivity index (χ0v) is 11.7. The van der Waals surface area contributed by atoms with Gasteiger partial charge in [0.05, 0.1) is 0 Å². The number of likely N-dealkylation sites (N-methyl/N-ethyl adjacent to an activating group) is 1. The van der Waals surface area contributed by atoms with Crippen LogP contribution in [0.1, 0.15) is 30.0 Å². The fraction of sp³-hybridized carbons (Fsp3) is 0.533. The van der Waals surface area contributed by atoms with Crippen LogP contribution >= 0.6 is 0 Å². The largest absolute Gasteiger partial charge is 0.344 e. The molecule has 0 aromatic heterocycles. The molecule has 1 N–H and O–H groups in total. The molecule has 98 valence electrons. The molecule has 1 aliphatic rings. The lowest BCUT2D eigenvalue weighted by Gasteiger charge is -2.32. The van der Waals surface area contributed by atoms with E-state index in [0.717, 1.165) is 25.1 Å². The summed E-state index contributed by atoms with van der Waals surface area (Å²) in [6.45, 7) is 7.84. The monoisotopic (exact) mass is 246 g/mol. The molecule has 18 heavy (non-hydrogen) atoms. The van der Waals surface area contributed by atoms with Gasteiger partial charge in [-0.2, -0.15) is 0 Å². The van der Waals surface area contributed by atoms with Gasteiger partial charge in [0, 0.05) is 13.6 Å². The Morgan fingerprint density at radius 3 is 2.78 bits per heavy atom. The molecular weight excluding hydrogens is 224 g/mol. The quantitative estimate of drug-likeness (QED) is 0.821. The Morgan fingerprint density at radius 2 is 2.06 bits per heavy atom. The number of nitrogens with zero attached hydrogens (tertiary/aromatic N) is 1. The molecule has 1 heterocycles. The summed E-state index contributed by atoms with van der Waals surface area (Å²) in [6.07, 6.45) is 1.00. The van der Waals surface area contributed by atoms with Crippen LogP contribution in [0.4, 0.5) is 0 Å². The van der Waals surface area contributed by atoms with E-state index < -0.39 is 5.54 Å². The normalized spacial score (nSPS) is 25.1. The second-order valence-corrected chi connectivity index (χ2v) is 5.45. The standard InChI is InChI=1S/C15H22N2O/c1-11-6-7-12(2)13(10-11)15(3)14(18)17(4)9-5-8-16-15/h6-7,10,16H,5,8-9H2,1-4H3. The predicted octanol–water partition coefficient (Wildman–Crippen LogP) is 1.97. The van der Waals surface area contributed by atoms with Crippen molar-refractivity contribution in [2.24, 2.45) is 0 Å². The van der Waals surface area contributed by atoms with Gasteiger partial charge in [-0.1, -0.05) is 23.8 Å². The van der Waals surface area contributed by atoms with Gasteiger partial charge in [0.15, 0.2) is 0 Å². The highest BCUT2D eigenvalue weighted by Crippen LogP contribution is 2.28. The van der Waals surface area contributed by atoms with Gasteiger partial charge >= 0.3 is 0 Å². The number of carbonyl (C=O) groups excluding carboxylic acids is 1. The van der Waals surface area contributed by atoms with Crippen molar-refractivity contribution in [1.82, 2.24) is 10.2 Å². The van der Waals surface area contributed by atoms with Gasteiger partial charge in [-0.25, -0.2) is 0 Å². The third kappa shape index (κ3) is 2.15. The number of hydrogen-bond acceptors (Lipinski definition) is 2. The van der Waals surface area contributed by atoms with E-state index >= 15 is 0 Å². The van der Waals surface area contributed by atoms with Crippen molar-refractivity contribution >= 4 is 5.91 Å². The topological polar surface area (TPSA) is 32.3 Å². The van der Waals surface area contributed by atoms with E-state index in [4.69, 9.17) is 0 Å². The highest BCUT2D eigenvalue weighted by atomic mass is 16.2. The Hall–Kier alpha value is -1.35. The molecule has 3 nitrogen and oxygen atoms in total. The molecule has 1 aromatic rings. The second-order valence-electron chi connectivity index (χ2n) is 5.45. The van der Waals surface area contributed by atoms with Gasteiger partial charge < -0.3 is 4.90 Å². The molecule has 0 aliphatic carbocycles. The first-order chi connectivity index (χ1) is 8.45. The summed E-state index contributed by atoms with van der Waals surface area (Å²) in [7, 11) is 1.89. The lowest BCUT2D eigenvalue weighted by atomic mass is 9.86. The van der Waals surface area contributed by atoms with Crippen molar-refractivity contribution < 1.29 is 4.79 Å². The fourth-order valence-electron chi connectivity index (χ4n) is 2.70. The Balaban J connectivity index is 2.50. The van der Waals surface area contributed by atoms with Crippen LogP contribution in [0.5, 0.6) is 0 Å². The lowest BCUT2D eigenvalue weighted by molar-refractivity contribution is -0.135. The molecule has 1 unspecified atom stereocenters. The van der Waals surface area contributed by atoms with Gasteiger partial charge in [0.25, 0.3) is 0 Å². The number of benzene rings is 1. The summed E-state index contributed by atoms with van der Waals surface area (Å²) >= 11 is 0. The molecule has 0 radical (unpaired) electrons. The second kappa shape index (κ2) is 4.73. The Bertz CT molecular complexity index is 470. The van der Waals surface area contributed by atoms with Crippen LogP contribution in [-0.4, -0.2) is 30.9 Å². The lowest BCUT2D eigenvalue weighted by Crippen LogP contribution is -2.50. The SMILES string of the molecule is Cc1ccc(C)c(C2(C)NCCCN(C)C2=O)c1. The van der Waals surface area contributed by atoms with Gasteiger partial charge in [-0.05, 0) is 44.9 Å². The molecule has 1 atom stereocenters. The number of amides is 1. The summed E-state index contributed by atoms with van der Waals surface area (Å²) < 4.78 is 0. The van der Waals surface area contributed by atoms with E-state index in [-0.39, 0.29) is 5.91 Å². The molecule has 2 rings (SSSR count). The minimum atomic E-state index is -0.596. The van der Waals surface area contributed by atoms with Crippen molar-refractivity contribution in [3.05, 3.63) is 34.9 Å². The Labute approximate surface area is 109 Å². The van der Waals surface area contributed by atoms with E-state index in [1.165, 1.54) is 11.1 Å². The van der Waals surface area contributed by atoms with E-state index in [1.807, 2.05) is 18.9 Å². The Kier molecular flexibility index (Phi) is 3.44. The molecule has 1 aliphatic heterocycles. The van der Waals surface area contributed by atoms with Crippen LogP contribution in [0.3, 0.4) is 0 Å².